The Morgan fingerprint density at radius 3 is 2.21 bits per heavy atom. The lowest BCUT2D eigenvalue weighted by molar-refractivity contribution is 0.101. The van der Waals surface area contributed by atoms with E-state index in [1.807, 2.05) is 13.8 Å². The molecule has 0 N–H and O–H groups in total. The van der Waals surface area contributed by atoms with E-state index in [0.29, 0.717) is 6.42 Å². The van der Waals surface area contributed by atoms with Crippen molar-refractivity contribution in [2.24, 2.45) is 5.92 Å². The molecule has 0 aliphatic rings. The molecule has 0 unspecified atom stereocenters. The van der Waals surface area contributed by atoms with Crippen molar-refractivity contribution in [3.8, 4) is 0 Å². The Hall–Kier alpha value is -1.30. The van der Waals surface area contributed by atoms with Crippen LogP contribution in [0.5, 0.6) is 0 Å². The molecule has 0 amide bonds. The molecule has 6 heteroatoms. The van der Waals surface area contributed by atoms with E-state index in [1.54, 1.807) is 0 Å². The first-order chi connectivity index (χ1) is 8.73. The lowest BCUT2D eigenvalue weighted by atomic mass is 10.1. The highest BCUT2D eigenvalue weighted by Crippen LogP contribution is 2.14. The SMILES string of the molecule is CC(C)CCS(=O)(=O)CC(=O)c1c(F)cccc1F. The first kappa shape index (κ1) is 15.8. The molecule has 0 aliphatic carbocycles. The van der Waals surface area contributed by atoms with Gasteiger partial charge in [0.25, 0.3) is 0 Å². The van der Waals surface area contributed by atoms with Crippen LogP contribution in [0.15, 0.2) is 18.2 Å². The van der Waals surface area contributed by atoms with Gasteiger partial charge in [0.1, 0.15) is 17.4 Å². The van der Waals surface area contributed by atoms with Gasteiger partial charge in [-0.1, -0.05) is 19.9 Å². The zero-order valence-corrected chi connectivity index (χ0v) is 11.6. The van der Waals surface area contributed by atoms with Crippen molar-refractivity contribution in [3.63, 3.8) is 0 Å². The molecule has 0 spiro atoms. The first-order valence-corrected chi connectivity index (χ1v) is 7.72. The number of benzene rings is 1. The summed E-state index contributed by atoms with van der Waals surface area (Å²) in [6.45, 7) is 3.71. The average Bonchev–Trinajstić information content (AvgIpc) is 2.25. The quantitative estimate of drug-likeness (QED) is 0.757. The van der Waals surface area contributed by atoms with Crippen LogP contribution in [0, 0.1) is 17.6 Å². The summed E-state index contributed by atoms with van der Waals surface area (Å²) < 4.78 is 50.0. The van der Waals surface area contributed by atoms with E-state index >= 15 is 0 Å². The fourth-order valence-electron chi connectivity index (χ4n) is 1.52. The van der Waals surface area contributed by atoms with Crippen LogP contribution in [0.2, 0.25) is 0 Å². The number of hydrogen-bond acceptors (Lipinski definition) is 3. The van der Waals surface area contributed by atoms with E-state index in [1.165, 1.54) is 0 Å². The first-order valence-electron chi connectivity index (χ1n) is 5.90. The monoisotopic (exact) mass is 290 g/mol. The topological polar surface area (TPSA) is 51.2 Å². The van der Waals surface area contributed by atoms with Crippen LogP contribution in [0.4, 0.5) is 8.78 Å². The summed E-state index contributed by atoms with van der Waals surface area (Å²) >= 11 is 0. The Morgan fingerprint density at radius 2 is 1.74 bits per heavy atom. The van der Waals surface area contributed by atoms with Crippen LogP contribution < -0.4 is 0 Å². The summed E-state index contributed by atoms with van der Waals surface area (Å²) in [6, 6.07) is 2.98. The molecule has 0 aromatic heterocycles. The molecule has 19 heavy (non-hydrogen) atoms. The lowest BCUT2D eigenvalue weighted by Crippen LogP contribution is -2.21. The minimum Gasteiger partial charge on any atom is -0.293 e. The summed E-state index contributed by atoms with van der Waals surface area (Å²) in [5.41, 5.74) is -0.782. The fourth-order valence-corrected chi connectivity index (χ4v) is 3.04. The van der Waals surface area contributed by atoms with Crippen molar-refractivity contribution in [2.75, 3.05) is 11.5 Å². The predicted octanol–water partition coefficient (Wildman–Crippen LogP) is 2.61. The molecule has 0 fully saturated rings. The van der Waals surface area contributed by atoms with Crippen molar-refractivity contribution in [2.45, 2.75) is 20.3 Å². The van der Waals surface area contributed by atoms with Gasteiger partial charge in [-0.25, -0.2) is 17.2 Å². The third-order valence-electron chi connectivity index (χ3n) is 2.60. The van der Waals surface area contributed by atoms with Crippen LogP contribution >= 0.6 is 0 Å². The molecular weight excluding hydrogens is 274 g/mol. The van der Waals surface area contributed by atoms with Crippen LogP contribution in [-0.2, 0) is 9.84 Å². The maximum Gasteiger partial charge on any atom is 0.183 e. The van der Waals surface area contributed by atoms with Gasteiger partial charge in [0, 0.05) is 0 Å². The Balaban J connectivity index is 2.85. The summed E-state index contributed by atoms with van der Waals surface area (Å²) in [6.07, 6.45) is 0.412. The highest BCUT2D eigenvalue weighted by molar-refractivity contribution is 7.92. The second kappa shape index (κ2) is 6.23. The Bertz CT molecular complexity index is 545. The Morgan fingerprint density at radius 1 is 1.21 bits per heavy atom. The van der Waals surface area contributed by atoms with Crippen LogP contribution in [-0.4, -0.2) is 25.7 Å². The predicted molar refractivity (Wildman–Crippen MR) is 68.8 cm³/mol. The van der Waals surface area contributed by atoms with Gasteiger partial charge in [0.05, 0.1) is 11.3 Å². The molecule has 1 aromatic carbocycles. The summed E-state index contributed by atoms with van der Waals surface area (Å²) in [4.78, 5) is 11.7. The third-order valence-corrected chi connectivity index (χ3v) is 4.16. The molecule has 0 saturated heterocycles. The maximum absolute atomic E-state index is 13.3. The molecule has 0 saturated carbocycles. The highest BCUT2D eigenvalue weighted by Gasteiger charge is 2.23. The van der Waals surface area contributed by atoms with Gasteiger partial charge in [-0.2, -0.15) is 0 Å². The number of halogens is 2. The zero-order chi connectivity index (χ0) is 14.6. The van der Waals surface area contributed by atoms with Crippen LogP contribution in [0.3, 0.4) is 0 Å². The average molecular weight is 290 g/mol. The number of sulfone groups is 1. The van der Waals surface area contributed by atoms with E-state index in [9.17, 15) is 22.0 Å². The molecule has 0 radical (unpaired) electrons. The lowest BCUT2D eigenvalue weighted by Gasteiger charge is -2.07. The third kappa shape index (κ3) is 4.70. The number of carbonyl (C=O) groups excluding carboxylic acids is 1. The highest BCUT2D eigenvalue weighted by atomic mass is 32.2. The van der Waals surface area contributed by atoms with Crippen molar-refractivity contribution in [1.82, 2.24) is 0 Å². The smallest absolute Gasteiger partial charge is 0.183 e. The molecule has 1 rings (SSSR count). The standard InChI is InChI=1S/C13H16F2O3S/c1-9(2)6-7-19(17,18)8-12(16)13-10(14)4-3-5-11(13)15/h3-5,9H,6-8H2,1-2H3. The van der Waals surface area contributed by atoms with E-state index < -0.39 is 38.6 Å². The molecule has 1 aromatic rings. The number of Topliss-reactive ketones (excluding diaryl/α,β-unsaturated/α-hetero) is 1. The number of rotatable bonds is 6. The van der Waals surface area contributed by atoms with Crippen LogP contribution in [0.1, 0.15) is 30.6 Å². The summed E-state index contributed by atoms with van der Waals surface area (Å²) in [7, 11) is -3.64. The van der Waals surface area contributed by atoms with Gasteiger partial charge in [-0.15, -0.1) is 0 Å². The van der Waals surface area contributed by atoms with Gasteiger partial charge >= 0.3 is 0 Å². The molecule has 106 valence electrons. The second-order valence-corrected chi connectivity index (χ2v) is 6.98. The van der Waals surface area contributed by atoms with Crippen molar-refractivity contribution in [1.29, 1.82) is 0 Å². The van der Waals surface area contributed by atoms with E-state index in [-0.39, 0.29) is 11.7 Å². The maximum atomic E-state index is 13.3. The summed E-state index contributed by atoms with van der Waals surface area (Å²) in [5, 5.41) is 0. The Labute approximate surface area is 111 Å². The normalized spacial score (nSPS) is 11.8. The molecule has 0 bridgehead atoms. The largest absolute Gasteiger partial charge is 0.293 e. The van der Waals surface area contributed by atoms with Crippen molar-refractivity contribution >= 4 is 15.6 Å². The van der Waals surface area contributed by atoms with Gasteiger partial charge in [-0.3, -0.25) is 4.79 Å². The zero-order valence-electron chi connectivity index (χ0n) is 10.8. The molecule has 3 nitrogen and oxygen atoms in total. The minimum atomic E-state index is -3.64. The van der Waals surface area contributed by atoms with Gasteiger partial charge in [0.15, 0.2) is 15.6 Å². The minimum absolute atomic E-state index is 0.160. The Kier molecular flexibility index (Phi) is 5.17. The molecule has 0 atom stereocenters. The second-order valence-electron chi connectivity index (χ2n) is 4.79. The van der Waals surface area contributed by atoms with Gasteiger partial charge in [-0.05, 0) is 24.5 Å². The van der Waals surface area contributed by atoms with Crippen molar-refractivity contribution in [3.05, 3.63) is 35.4 Å². The number of ketones is 1. The van der Waals surface area contributed by atoms with Gasteiger partial charge in [0.2, 0.25) is 0 Å². The van der Waals surface area contributed by atoms with E-state index in [4.69, 9.17) is 0 Å². The van der Waals surface area contributed by atoms with E-state index in [2.05, 4.69) is 0 Å². The van der Waals surface area contributed by atoms with E-state index in [0.717, 1.165) is 18.2 Å². The molecular formula is C13H16F2O3S. The number of hydrogen-bond donors (Lipinski definition) is 0. The number of carbonyl (C=O) groups is 1. The van der Waals surface area contributed by atoms with Crippen LogP contribution in [0.25, 0.3) is 0 Å². The van der Waals surface area contributed by atoms with Gasteiger partial charge < -0.3 is 0 Å². The fraction of sp³-hybridized carbons (Fsp3) is 0.462. The molecule has 0 heterocycles. The molecule has 0 aliphatic heterocycles. The van der Waals surface area contributed by atoms with Crippen molar-refractivity contribution < 1.29 is 22.0 Å². The summed E-state index contributed by atoms with van der Waals surface area (Å²) in [5.74, 6) is -3.97.